The molecule has 0 bridgehead atoms. The maximum absolute atomic E-state index is 12.4. The molecule has 2 aromatic rings. The number of hydrogen-bond acceptors (Lipinski definition) is 6. The number of piperidine rings is 1. The Balaban J connectivity index is 2.14. The highest BCUT2D eigenvalue weighted by atomic mass is 16.5. The first-order chi connectivity index (χ1) is 11.0. The van der Waals surface area contributed by atoms with Crippen LogP contribution in [0.2, 0.25) is 0 Å². The summed E-state index contributed by atoms with van der Waals surface area (Å²) in [5.41, 5.74) is 0.919. The number of hydrogen-bond donors (Lipinski definition) is 0. The van der Waals surface area contributed by atoms with Crippen molar-refractivity contribution < 1.29 is 13.9 Å². The van der Waals surface area contributed by atoms with E-state index in [9.17, 15) is 4.79 Å². The van der Waals surface area contributed by atoms with E-state index >= 15 is 0 Å². The SMILES string of the molecule is CCOC(=O)c1c(C)oc2nc(C)nc(N3CCC(C)CC3)c12. The van der Waals surface area contributed by atoms with Crippen LogP contribution in [0.15, 0.2) is 4.42 Å². The van der Waals surface area contributed by atoms with Crippen molar-refractivity contribution in [2.75, 3.05) is 24.6 Å². The van der Waals surface area contributed by atoms with Gasteiger partial charge in [0.1, 0.15) is 23.0 Å². The molecule has 0 aromatic carbocycles. The molecule has 6 nitrogen and oxygen atoms in total. The summed E-state index contributed by atoms with van der Waals surface area (Å²) in [4.78, 5) is 23.6. The molecule has 1 aliphatic rings. The Morgan fingerprint density at radius 2 is 2.00 bits per heavy atom. The first kappa shape index (κ1) is 15.8. The summed E-state index contributed by atoms with van der Waals surface area (Å²) in [5, 5.41) is 0.682. The second-order valence-corrected chi connectivity index (χ2v) is 6.20. The van der Waals surface area contributed by atoms with Gasteiger partial charge in [0.2, 0.25) is 5.71 Å². The van der Waals surface area contributed by atoms with Crippen LogP contribution in [0.1, 0.15) is 48.6 Å². The highest BCUT2D eigenvalue weighted by Crippen LogP contribution is 2.34. The second-order valence-electron chi connectivity index (χ2n) is 6.20. The molecule has 3 heterocycles. The summed E-state index contributed by atoms with van der Waals surface area (Å²) < 4.78 is 10.9. The summed E-state index contributed by atoms with van der Waals surface area (Å²) in [6.45, 7) is 9.86. The van der Waals surface area contributed by atoms with Gasteiger partial charge in [0.15, 0.2) is 0 Å². The molecule has 1 saturated heterocycles. The van der Waals surface area contributed by atoms with E-state index in [2.05, 4.69) is 21.8 Å². The van der Waals surface area contributed by atoms with Gasteiger partial charge in [-0.2, -0.15) is 4.98 Å². The van der Waals surface area contributed by atoms with Gasteiger partial charge in [-0.05, 0) is 39.5 Å². The van der Waals surface area contributed by atoms with Crippen molar-refractivity contribution in [3.05, 3.63) is 17.1 Å². The quantitative estimate of drug-likeness (QED) is 0.809. The fourth-order valence-corrected chi connectivity index (χ4v) is 3.10. The van der Waals surface area contributed by atoms with Gasteiger partial charge in [0, 0.05) is 13.1 Å². The van der Waals surface area contributed by atoms with Crippen molar-refractivity contribution in [3.8, 4) is 0 Å². The Hall–Kier alpha value is -2.11. The molecule has 0 radical (unpaired) electrons. The molecule has 0 aliphatic carbocycles. The van der Waals surface area contributed by atoms with Crippen LogP contribution >= 0.6 is 0 Å². The van der Waals surface area contributed by atoms with E-state index in [1.165, 1.54) is 0 Å². The summed E-state index contributed by atoms with van der Waals surface area (Å²) in [6, 6.07) is 0. The third-order valence-electron chi connectivity index (χ3n) is 4.38. The summed E-state index contributed by atoms with van der Waals surface area (Å²) in [7, 11) is 0. The van der Waals surface area contributed by atoms with E-state index in [1.807, 2.05) is 6.92 Å². The van der Waals surface area contributed by atoms with Gasteiger partial charge in [0.25, 0.3) is 0 Å². The normalized spacial score (nSPS) is 16.1. The van der Waals surface area contributed by atoms with Gasteiger partial charge in [-0.3, -0.25) is 0 Å². The van der Waals surface area contributed by atoms with Gasteiger partial charge in [0.05, 0.1) is 12.0 Å². The monoisotopic (exact) mass is 317 g/mol. The number of carbonyl (C=O) groups excluding carboxylic acids is 1. The van der Waals surface area contributed by atoms with Crippen LogP contribution < -0.4 is 4.90 Å². The van der Waals surface area contributed by atoms with Crippen molar-refractivity contribution in [1.29, 1.82) is 0 Å². The number of esters is 1. The fraction of sp³-hybridized carbons (Fsp3) is 0.588. The molecular formula is C17H23N3O3. The number of carbonyl (C=O) groups is 1. The second kappa shape index (κ2) is 6.18. The minimum atomic E-state index is -0.372. The van der Waals surface area contributed by atoms with Crippen LogP contribution in [0, 0.1) is 19.8 Å². The molecule has 1 aliphatic heterocycles. The third-order valence-corrected chi connectivity index (χ3v) is 4.38. The van der Waals surface area contributed by atoms with Gasteiger partial charge < -0.3 is 14.1 Å². The van der Waals surface area contributed by atoms with Gasteiger partial charge in [-0.1, -0.05) is 6.92 Å². The zero-order valence-corrected chi connectivity index (χ0v) is 14.2. The van der Waals surface area contributed by atoms with E-state index in [0.29, 0.717) is 34.9 Å². The van der Waals surface area contributed by atoms with E-state index < -0.39 is 0 Å². The molecule has 2 aromatic heterocycles. The average Bonchev–Trinajstić information content (AvgIpc) is 2.83. The van der Waals surface area contributed by atoms with Crippen LogP contribution in [0.5, 0.6) is 0 Å². The molecule has 0 unspecified atom stereocenters. The van der Waals surface area contributed by atoms with E-state index in [0.717, 1.165) is 37.7 Å². The van der Waals surface area contributed by atoms with Crippen molar-refractivity contribution in [2.24, 2.45) is 5.92 Å². The fourth-order valence-electron chi connectivity index (χ4n) is 3.10. The van der Waals surface area contributed by atoms with E-state index in [1.54, 1.807) is 13.8 Å². The average molecular weight is 317 g/mol. The first-order valence-corrected chi connectivity index (χ1v) is 8.21. The van der Waals surface area contributed by atoms with E-state index in [-0.39, 0.29) is 5.97 Å². The highest BCUT2D eigenvalue weighted by molar-refractivity contribution is 6.08. The highest BCUT2D eigenvalue weighted by Gasteiger charge is 2.28. The summed E-state index contributed by atoms with van der Waals surface area (Å²) >= 11 is 0. The molecule has 0 N–H and O–H groups in total. The van der Waals surface area contributed by atoms with E-state index in [4.69, 9.17) is 9.15 Å². The molecule has 124 valence electrons. The Bertz CT molecular complexity index is 730. The number of aromatic nitrogens is 2. The predicted octanol–water partition coefficient (Wildman–Crippen LogP) is 3.25. The summed E-state index contributed by atoms with van der Waals surface area (Å²) in [5.74, 6) is 2.32. The van der Waals surface area contributed by atoms with Gasteiger partial charge in [-0.25, -0.2) is 9.78 Å². The van der Waals surface area contributed by atoms with Crippen LogP contribution in [-0.2, 0) is 4.74 Å². The van der Waals surface area contributed by atoms with Crippen molar-refractivity contribution >= 4 is 22.9 Å². The van der Waals surface area contributed by atoms with Crippen LogP contribution in [0.4, 0.5) is 5.82 Å². The van der Waals surface area contributed by atoms with Crippen LogP contribution in [-0.4, -0.2) is 35.6 Å². The Kier molecular flexibility index (Phi) is 4.24. The number of furan rings is 1. The maximum atomic E-state index is 12.4. The molecule has 0 amide bonds. The third kappa shape index (κ3) is 2.90. The maximum Gasteiger partial charge on any atom is 0.342 e. The Morgan fingerprint density at radius 3 is 2.65 bits per heavy atom. The minimum absolute atomic E-state index is 0.328. The zero-order valence-electron chi connectivity index (χ0n) is 14.2. The number of aryl methyl sites for hydroxylation is 2. The lowest BCUT2D eigenvalue weighted by atomic mass is 9.99. The molecule has 6 heteroatoms. The molecule has 0 saturated carbocycles. The Morgan fingerprint density at radius 1 is 1.30 bits per heavy atom. The lowest BCUT2D eigenvalue weighted by Gasteiger charge is -2.31. The molecular weight excluding hydrogens is 294 g/mol. The predicted molar refractivity (Wildman–Crippen MR) is 87.8 cm³/mol. The lowest BCUT2D eigenvalue weighted by Crippen LogP contribution is -2.33. The smallest absolute Gasteiger partial charge is 0.342 e. The molecule has 23 heavy (non-hydrogen) atoms. The van der Waals surface area contributed by atoms with Crippen molar-refractivity contribution in [2.45, 2.75) is 40.5 Å². The Labute approximate surface area is 135 Å². The number of nitrogens with zero attached hydrogens (tertiary/aromatic N) is 3. The number of anilines is 1. The van der Waals surface area contributed by atoms with Crippen molar-refractivity contribution in [3.63, 3.8) is 0 Å². The number of ether oxygens (including phenoxy) is 1. The molecule has 3 rings (SSSR count). The molecule has 0 atom stereocenters. The van der Waals surface area contributed by atoms with Crippen LogP contribution in [0.25, 0.3) is 11.1 Å². The standard InChI is InChI=1S/C17H23N3O3/c1-5-22-17(21)13-11(3)23-16-14(13)15(18-12(4)19-16)20-8-6-10(2)7-9-20/h10H,5-9H2,1-4H3. The minimum Gasteiger partial charge on any atom is -0.462 e. The van der Waals surface area contributed by atoms with Gasteiger partial charge in [-0.15, -0.1) is 0 Å². The number of fused-ring (bicyclic) bond motifs is 1. The summed E-state index contributed by atoms with van der Waals surface area (Å²) in [6.07, 6.45) is 2.24. The van der Waals surface area contributed by atoms with Crippen molar-refractivity contribution in [1.82, 2.24) is 9.97 Å². The first-order valence-electron chi connectivity index (χ1n) is 8.21. The van der Waals surface area contributed by atoms with Crippen LogP contribution in [0.3, 0.4) is 0 Å². The topological polar surface area (TPSA) is 68.5 Å². The molecule has 1 fully saturated rings. The van der Waals surface area contributed by atoms with Gasteiger partial charge >= 0.3 is 5.97 Å². The largest absolute Gasteiger partial charge is 0.462 e. The lowest BCUT2D eigenvalue weighted by molar-refractivity contribution is 0.0526. The zero-order chi connectivity index (χ0) is 16.6. The molecule has 0 spiro atoms. The number of rotatable bonds is 3.